The molecule has 0 amide bonds. The Hall–Kier alpha value is -3.73. The lowest BCUT2D eigenvalue weighted by Crippen LogP contribution is -2.42. The average Bonchev–Trinajstić information content (AvgIpc) is 3.33. The maximum atomic E-state index is 12.7. The molecule has 4 rings (SSSR count). The van der Waals surface area contributed by atoms with Gasteiger partial charge in [-0.1, -0.05) is 30.3 Å². The number of aryl methyl sites for hydroxylation is 1. The number of esters is 1. The smallest absolute Gasteiger partial charge is 0.338 e. The van der Waals surface area contributed by atoms with E-state index in [9.17, 15) is 18.3 Å². The summed E-state index contributed by atoms with van der Waals surface area (Å²) >= 11 is 0. The third kappa shape index (κ3) is 7.23. The number of aliphatic hydroxyl groups excluding tert-OH is 1. The number of hydrogen-bond acceptors (Lipinski definition) is 7. The van der Waals surface area contributed by atoms with Crippen molar-refractivity contribution in [1.29, 1.82) is 0 Å². The first kappa shape index (κ1) is 28.3. The number of aliphatic hydroxyl groups is 1. The van der Waals surface area contributed by atoms with Crippen LogP contribution in [0.2, 0.25) is 0 Å². The van der Waals surface area contributed by atoms with Gasteiger partial charge in [-0.2, -0.15) is 0 Å². The van der Waals surface area contributed by atoms with Gasteiger partial charge < -0.3 is 19.7 Å². The molecule has 9 nitrogen and oxygen atoms in total. The van der Waals surface area contributed by atoms with E-state index in [-0.39, 0.29) is 22.9 Å². The van der Waals surface area contributed by atoms with E-state index >= 15 is 0 Å². The molecule has 10 heteroatoms. The number of ether oxygens (including phenoxy) is 1. The fourth-order valence-electron chi connectivity index (χ4n) is 4.19. The molecule has 4 aromatic rings. The number of nitrogens with zero attached hydrogens (tertiary/aromatic N) is 2. The van der Waals surface area contributed by atoms with Gasteiger partial charge in [0.15, 0.2) is 0 Å². The van der Waals surface area contributed by atoms with E-state index in [4.69, 9.17) is 4.74 Å². The van der Waals surface area contributed by atoms with Crippen LogP contribution >= 0.6 is 0 Å². The Morgan fingerprint density at radius 1 is 1.08 bits per heavy atom. The molecule has 1 unspecified atom stereocenters. The molecule has 1 atom stereocenters. The van der Waals surface area contributed by atoms with Gasteiger partial charge in [-0.3, -0.25) is 4.72 Å². The summed E-state index contributed by atoms with van der Waals surface area (Å²) in [4.78, 5) is 16.6. The zero-order chi connectivity index (χ0) is 28.0. The Morgan fingerprint density at radius 2 is 1.85 bits per heavy atom. The number of nitrogens with one attached hydrogen (secondary N) is 2. The summed E-state index contributed by atoms with van der Waals surface area (Å²) in [5, 5.41) is 14.2. The topological polar surface area (TPSA) is 123 Å². The number of carbonyl (C=O) groups excluding carboxylic acids is 1. The second-order valence-electron chi connectivity index (χ2n) is 9.94. The van der Waals surface area contributed by atoms with Crippen molar-refractivity contribution in [3.8, 4) is 0 Å². The number of carbonyl (C=O) groups is 1. The lowest BCUT2D eigenvalue weighted by molar-refractivity contribution is 0.0526. The maximum Gasteiger partial charge on any atom is 0.338 e. The summed E-state index contributed by atoms with van der Waals surface area (Å²) in [6, 6.07) is 20.3. The van der Waals surface area contributed by atoms with E-state index in [0.29, 0.717) is 30.0 Å². The van der Waals surface area contributed by atoms with Gasteiger partial charge in [0.2, 0.25) is 0 Å². The highest BCUT2D eigenvalue weighted by Gasteiger charge is 2.21. The minimum Gasteiger partial charge on any atom is -0.462 e. The van der Waals surface area contributed by atoms with Crippen molar-refractivity contribution < 1.29 is 23.1 Å². The van der Waals surface area contributed by atoms with Crippen molar-refractivity contribution in [2.45, 2.75) is 50.3 Å². The Balaban J connectivity index is 1.34. The summed E-state index contributed by atoms with van der Waals surface area (Å²) in [5.74, 6) is -0.364. The van der Waals surface area contributed by atoms with E-state index < -0.39 is 16.1 Å². The van der Waals surface area contributed by atoms with Crippen molar-refractivity contribution in [2.75, 3.05) is 17.9 Å². The predicted octanol–water partition coefficient (Wildman–Crippen LogP) is 4.51. The van der Waals surface area contributed by atoms with Gasteiger partial charge in [0, 0.05) is 24.3 Å². The highest BCUT2D eigenvalue weighted by atomic mass is 32.2. The number of benzene rings is 3. The van der Waals surface area contributed by atoms with Crippen LogP contribution in [-0.4, -0.2) is 47.7 Å². The minimum absolute atomic E-state index is 0.171. The van der Waals surface area contributed by atoms with Gasteiger partial charge in [0.05, 0.1) is 40.5 Å². The highest BCUT2D eigenvalue weighted by molar-refractivity contribution is 7.92. The molecule has 1 aromatic heterocycles. The van der Waals surface area contributed by atoms with Crippen LogP contribution in [0.4, 0.5) is 5.69 Å². The van der Waals surface area contributed by atoms with Crippen LogP contribution in [0.25, 0.3) is 11.0 Å². The minimum atomic E-state index is -3.72. The number of imidazole rings is 1. The largest absolute Gasteiger partial charge is 0.462 e. The molecule has 0 aliphatic carbocycles. The Morgan fingerprint density at radius 3 is 2.59 bits per heavy atom. The van der Waals surface area contributed by atoms with Crippen LogP contribution in [0.1, 0.15) is 49.2 Å². The van der Waals surface area contributed by atoms with E-state index in [1.165, 1.54) is 12.1 Å². The summed E-state index contributed by atoms with van der Waals surface area (Å²) in [6.07, 6.45) is 1.68. The Labute approximate surface area is 228 Å². The number of aromatic nitrogens is 2. The predicted molar refractivity (Wildman–Crippen MR) is 151 cm³/mol. The van der Waals surface area contributed by atoms with Gasteiger partial charge >= 0.3 is 5.97 Å². The number of rotatable bonds is 12. The fourth-order valence-corrected chi connectivity index (χ4v) is 5.26. The average molecular weight is 551 g/mol. The van der Waals surface area contributed by atoms with Crippen LogP contribution in [0.3, 0.4) is 0 Å². The molecular weight excluding hydrogens is 516 g/mol. The molecule has 0 saturated heterocycles. The van der Waals surface area contributed by atoms with Gasteiger partial charge in [-0.15, -0.1) is 0 Å². The second-order valence-corrected chi connectivity index (χ2v) is 11.6. The SMILES string of the molecule is CCOC(=O)c1ccc2c(c1)ncn2CCC(C)(C)NCC(O)c1cccc(NS(=O)(=O)c2ccccc2)c1. The third-order valence-electron chi connectivity index (χ3n) is 6.46. The van der Waals surface area contributed by atoms with Crippen molar-refractivity contribution >= 4 is 32.7 Å². The van der Waals surface area contributed by atoms with Crippen molar-refractivity contribution in [2.24, 2.45) is 0 Å². The zero-order valence-electron chi connectivity index (χ0n) is 22.3. The van der Waals surface area contributed by atoms with Crippen LogP contribution in [0, 0.1) is 0 Å². The maximum absolute atomic E-state index is 12.7. The Bertz CT molecular complexity index is 1530. The first-order valence-corrected chi connectivity index (χ1v) is 14.3. The van der Waals surface area contributed by atoms with Crippen LogP contribution in [0.15, 0.2) is 84.0 Å². The van der Waals surface area contributed by atoms with Crippen LogP contribution < -0.4 is 10.0 Å². The molecule has 0 saturated carbocycles. The van der Waals surface area contributed by atoms with Crippen molar-refractivity contribution in [3.63, 3.8) is 0 Å². The van der Waals surface area contributed by atoms with Gasteiger partial charge in [-0.25, -0.2) is 18.2 Å². The monoisotopic (exact) mass is 550 g/mol. The summed E-state index contributed by atoms with van der Waals surface area (Å²) in [5.41, 5.74) is 2.80. The summed E-state index contributed by atoms with van der Waals surface area (Å²) < 4.78 is 35.0. The molecule has 0 bridgehead atoms. The summed E-state index contributed by atoms with van der Waals surface area (Å²) in [6.45, 7) is 7.18. The van der Waals surface area contributed by atoms with Gasteiger partial charge in [0.1, 0.15) is 0 Å². The first-order valence-electron chi connectivity index (χ1n) is 12.8. The van der Waals surface area contributed by atoms with Gasteiger partial charge in [-0.05, 0) is 75.2 Å². The van der Waals surface area contributed by atoms with E-state index in [1.54, 1.807) is 67.8 Å². The number of β-amino-alcohol motifs (C(OH)–C–C–N with tert-alkyl or cyclic N) is 1. The quantitative estimate of drug-likeness (QED) is 0.222. The van der Waals surface area contributed by atoms with Crippen LogP contribution in [-0.2, 0) is 21.3 Å². The molecule has 0 aliphatic heterocycles. The normalized spacial score (nSPS) is 12.8. The van der Waals surface area contributed by atoms with Crippen LogP contribution in [0.5, 0.6) is 0 Å². The number of fused-ring (bicyclic) bond motifs is 1. The molecule has 0 aliphatic rings. The fraction of sp³-hybridized carbons (Fsp3) is 0.310. The molecule has 1 heterocycles. The number of sulfonamides is 1. The van der Waals surface area contributed by atoms with E-state index in [1.807, 2.05) is 10.6 Å². The number of hydrogen-bond donors (Lipinski definition) is 3. The van der Waals surface area contributed by atoms with E-state index in [2.05, 4.69) is 28.9 Å². The third-order valence-corrected chi connectivity index (χ3v) is 7.86. The molecule has 39 heavy (non-hydrogen) atoms. The highest BCUT2D eigenvalue weighted by Crippen LogP contribution is 2.22. The lowest BCUT2D eigenvalue weighted by Gasteiger charge is -2.28. The zero-order valence-corrected chi connectivity index (χ0v) is 23.1. The molecule has 0 fully saturated rings. The first-order chi connectivity index (χ1) is 18.6. The molecule has 3 N–H and O–H groups in total. The molecule has 206 valence electrons. The molecular formula is C29H34N4O5S. The van der Waals surface area contributed by atoms with Gasteiger partial charge in [0.25, 0.3) is 10.0 Å². The molecule has 3 aromatic carbocycles. The Kier molecular flexibility index (Phi) is 8.69. The second kappa shape index (κ2) is 12.0. The van der Waals surface area contributed by atoms with Crippen molar-refractivity contribution in [1.82, 2.24) is 14.9 Å². The standard InChI is InChI=1S/C29H34N4O5S/c1-4-38-28(35)22-13-14-26-25(18-22)30-20-33(26)16-15-29(2,3)31-19-27(34)21-9-8-10-23(17-21)32-39(36,37)24-11-6-5-7-12-24/h5-14,17-18,20,27,31-32,34H,4,15-16,19H2,1-3H3. The summed E-state index contributed by atoms with van der Waals surface area (Å²) in [7, 11) is -3.72. The molecule has 0 spiro atoms. The molecule has 0 radical (unpaired) electrons. The number of anilines is 1. The lowest BCUT2D eigenvalue weighted by atomic mass is 9.99. The van der Waals surface area contributed by atoms with E-state index in [0.717, 1.165) is 17.5 Å². The van der Waals surface area contributed by atoms with Crippen molar-refractivity contribution in [3.05, 3.63) is 90.3 Å².